The Bertz CT molecular complexity index is 909. The first-order valence-corrected chi connectivity index (χ1v) is 9.40. The van der Waals surface area contributed by atoms with Crippen molar-refractivity contribution < 1.29 is 23.8 Å². The quantitative estimate of drug-likeness (QED) is 0.850. The molecule has 0 bridgehead atoms. The van der Waals surface area contributed by atoms with Gasteiger partial charge in [0.05, 0.1) is 18.2 Å². The summed E-state index contributed by atoms with van der Waals surface area (Å²) in [6.45, 7) is 0.353. The highest BCUT2D eigenvalue weighted by molar-refractivity contribution is 5.95. The van der Waals surface area contributed by atoms with Crippen LogP contribution in [0.15, 0.2) is 24.3 Å². The van der Waals surface area contributed by atoms with Gasteiger partial charge in [0.2, 0.25) is 0 Å². The highest BCUT2D eigenvalue weighted by atomic mass is 19.1. The smallest absolute Gasteiger partial charge is 0.305 e. The largest absolute Gasteiger partial charge is 0.481 e. The number of carbonyl (C=O) groups excluding carboxylic acids is 1. The van der Waals surface area contributed by atoms with E-state index in [-0.39, 0.29) is 24.2 Å². The van der Waals surface area contributed by atoms with Gasteiger partial charge in [-0.25, -0.2) is 9.07 Å². The lowest BCUT2D eigenvalue weighted by Gasteiger charge is -2.22. The number of aromatic nitrogens is 2. The summed E-state index contributed by atoms with van der Waals surface area (Å²) in [6.07, 6.45) is 2.67. The normalized spacial score (nSPS) is 21.1. The Hall–Kier alpha value is -2.74. The van der Waals surface area contributed by atoms with Crippen LogP contribution >= 0.6 is 0 Å². The molecule has 28 heavy (non-hydrogen) atoms. The molecular formula is C20H22FN3O4. The van der Waals surface area contributed by atoms with Gasteiger partial charge >= 0.3 is 5.97 Å². The van der Waals surface area contributed by atoms with Gasteiger partial charge in [-0.1, -0.05) is 0 Å². The maximum atomic E-state index is 13.3. The molecule has 148 valence electrons. The fourth-order valence-electron chi connectivity index (χ4n) is 4.23. The topological polar surface area (TPSA) is 84.7 Å². The third-order valence-corrected chi connectivity index (χ3v) is 5.58. The van der Waals surface area contributed by atoms with Crippen LogP contribution in [-0.4, -0.2) is 57.5 Å². The molecule has 0 spiro atoms. The van der Waals surface area contributed by atoms with Crippen LogP contribution in [0.1, 0.15) is 41.0 Å². The van der Waals surface area contributed by atoms with Crippen LogP contribution in [-0.2, 0) is 22.4 Å². The van der Waals surface area contributed by atoms with E-state index < -0.39 is 12.0 Å². The lowest BCUT2D eigenvalue weighted by atomic mass is 10.1. The van der Waals surface area contributed by atoms with Crippen molar-refractivity contribution in [2.75, 3.05) is 13.7 Å². The highest BCUT2D eigenvalue weighted by Gasteiger charge is 2.39. The second-order valence-corrected chi connectivity index (χ2v) is 7.32. The fourth-order valence-corrected chi connectivity index (χ4v) is 4.23. The molecule has 1 N–H and O–H groups in total. The lowest BCUT2D eigenvalue weighted by Crippen LogP contribution is -2.38. The zero-order chi connectivity index (χ0) is 19.8. The third-order valence-electron chi connectivity index (χ3n) is 5.58. The van der Waals surface area contributed by atoms with Gasteiger partial charge in [-0.2, -0.15) is 5.10 Å². The molecule has 2 atom stereocenters. The van der Waals surface area contributed by atoms with Crippen LogP contribution < -0.4 is 0 Å². The van der Waals surface area contributed by atoms with Crippen molar-refractivity contribution in [3.63, 3.8) is 0 Å². The number of carboxylic acids is 1. The lowest BCUT2D eigenvalue weighted by molar-refractivity contribution is -0.138. The minimum absolute atomic E-state index is 0.119. The number of aliphatic carboxylic acids is 1. The number of methoxy groups -OCH3 is 1. The molecule has 7 nitrogen and oxygen atoms in total. The van der Waals surface area contributed by atoms with Gasteiger partial charge in [0.25, 0.3) is 5.91 Å². The zero-order valence-corrected chi connectivity index (χ0v) is 15.6. The number of carbonyl (C=O) groups is 2. The Morgan fingerprint density at radius 1 is 1.29 bits per heavy atom. The van der Waals surface area contributed by atoms with Crippen molar-refractivity contribution in [3.05, 3.63) is 47.0 Å². The molecule has 1 aliphatic carbocycles. The number of carboxylic acid groups (broad SMARTS) is 1. The molecule has 2 heterocycles. The minimum atomic E-state index is -0.943. The first-order valence-electron chi connectivity index (χ1n) is 9.40. The van der Waals surface area contributed by atoms with E-state index in [1.807, 2.05) is 0 Å². The molecule has 1 saturated heterocycles. The van der Waals surface area contributed by atoms with E-state index in [1.165, 1.54) is 12.1 Å². The summed E-state index contributed by atoms with van der Waals surface area (Å²) < 4.78 is 20.4. The molecule has 2 aromatic rings. The molecule has 2 aliphatic rings. The number of benzene rings is 1. The number of hydrogen-bond donors (Lipinski definition) is 1. The van der Waals surface area contributed by atoms with Gasteiger partial charge in [0.1, 0.15) is 5.82 Å². The summed E-state index contributed by atoms with van der Waals surface area (Å²) in [5.41, 5.74) is 2.94. The Morgan fingerprint density at radius 2 is 2.04 bits per heavy atom. The average Bonchev–Trinajstić information content (AvgIpc) is 3.36. The van der Waals surface area contributed by atoms with Crippen molar-refractivity contribution in [3.8, 4) is 5.69 Å². The van der Waals surface area contributed by atoms with Crippen LogP contribution in [0.5, 0.6) is 0 Å². The molecule has 8 heteroatoms. The maximum absolute atomic E-state index is 13.3. The average molecular weight is 387 g/mol. The summed E-state index contributed by atoms with van der Waals surface area (Å²) in [5, 5.41) is 13.8. The van der Waals surface area contributed by atoms with Gasteiger partial charge in [0, 0.05) is 31.0 Å². The predicted octanol–water partition coefficient (Wildman–Crippen LogP) is 2.20. The molecule has 0 saturated carbocycles. The van der Waals surface area contributed by atoms with Crippen molar-refractivity contribution in [1.82, 2.24) is 14.7 Å². The number of hydrogen-bond acceptors (Lipinski definition) is 4. The van der Waals surface area contributed by atoms with E-state index in [4.69, 9.17) is 4.74 Å². The van der Waals surface area contributed by atoms with Crippen LogP contribution in [0, 0.1) is 5.82 Å². The van der Waals surface area contributed by atoms with Gasteiger partial charge < -0.3 is 14.7 Å². The van der Waals surface area contributed by atoms with Crippen LogP contribution in [0.25, 0.3) is 5.69 Å². The summed E-state index contributed by atoms with van der Waals surface area (Å²) in [4.78, 5) is 26.1. The summed E-state index contributed by atoms with van der Waals surface area (Å²) in [6, 6.07) is 5.60. The number of amides is 1. The van der Waals surface area contributed by atoms with Gasteiger partial charge in [-0.15, -0.1) is 0 Å². The van der Waals surface area contributed by atoms with Crippen molar-refractivity contribution >= 4 is 11.9 Å². The van der Waals surface area contributed by atoms with E-state index in [0.29, 0.717) is 24.3 Å². The van der Waals surface area contributed by atoms with Crippen molar-refractivity contribution in [1.29, 1.82) is 0 Å². The second kappa shape index (κ2) is 7.35. The molecule has 0 radical (unpaired) electrons. The second-order valence-electron chi connectivity index (χ2n) is 7.32. The number of halogens is 1. The van der Waals surface area contributed by atoms with E-state index in [2.05, 4.69) is 5.10 Å². The first kappa shape index (κ1) is 18.6. The molecule has 1 amide bonds. The molecule has 2 unspecified atom stereocenters. The van der Waals surface area contributed by atoms with Gasteiger partial charge in [-0.05, 0) is 49.9 Å². The first-order chi connectivity index (χ1) is 13.5. The monoisotopic (exact) mass is 387 g/mol. The number of rotatable bonds is 5. The summed E-state index contributed by atoms with van der Waals surface area (Å²) >= 11 is 0. The zero-order valence-electron chi connectivity index (χ0n) is 15.6. The van der Waals surface area contributed by atoms with E-state index in [0.717, 1.165) is 30.5 Å². The number of ether oxygens (including phenoxy) is 1. The van der Waals surface area contributed by atoms with E-state index in [9.17, 15) is 19.1 Å². The minimum Gasteiger partial charge on any atom is -0.481 e. The van der Waals surface area contributed by atoms with Crippen LogP contribution in [0.4, 0.5) is 4.39 Å². The van der Waals surface area contributed by atoms with Crippen molar-refractivity contribution in [2.45, 2.75) is 44.2 Å². The number of nitrogens with zero attached hydrogens (tertiary/aromatic N) is 3. The van der Waals surface area contributed by atoms with Crippen LogP contribution in [0.3, 0.4) is 0 Å². The molecular weight excluding hydrogens is 365 g/mol. The van der Waals surface area contributed by atoms with Gasteiger partial charge in [0.15, 0.2) is 5.69 Å². The third kappa shape index (κ3) is 3.28. The molecule has 1 aromatic carbocycles. The Balaban J connectivity index is 1.69. The fraction of sp³-hybridized carbons (Fsp3) is 0.450. The standard InChI is InChI=1S/C20H22FN3O4/c1-28-15-9-14(10-18(25)26)23(11-15)20(27)19-16-3-2-4-17(16)24(22-19)13-7-5-12(21)6-8-13/h5-8,14-15H,2-4,9-11H2,1H3,(H,25,26). The summed E-state index contributed by atoms with van der Waals surface area (Å²) in [7, 11) is 1.57. The summed E-state index contributed by atoms with van der Waals surface area (Å²) in [5.74, 6) is -1.53. The maximum Gasteiger partial charge on any atom is 0.305 e. The Morgan fingerprint density at radius 3 is 2.71 bits per heavy atom. The molecule has 4 rings (SSSR count). The SMILES string of the molecule is COC1CC(CC(=O)O)N(C(=O)c2nn(-c3ccc(F)cc3)c3c2CCC3)C1. The molecule has 1 fully saturated rings. The molecule has 1 aliphatic heterocycles. The molecule has 1 aromatic heterocycles. The van der Waals surface area contributed by atoms with Crippen molar-refractivity contribution in [2.24, 2.45) is 0 Å². The Kier molecular flexibility index (Phi) is 4.89. The highest BCUT2D eigenvalue weighted by Crippen LogP contribution is 2.31. The number of fused-ring (bicyclic) bond motifs is 1. The van der Waals surface area contributed by atoms with Gasteiger partial charge in [-0.3, -0.25) is 9.59 Å². The van der Waals surface area contributed by atoms with E-state index >= 15 is 0 Å². The number of likely N-dealkylation sites (tertiary alicyclic amines) is 1. The van der Waals surface area contributed by atoms with Crippen LogP contribution in [0.2, 0.25) is 0 Å². The predicted molar refractivity (Wildman–Crippen MR) is 98.0 cm³/mol. The van der Waals surface area contributed by atoms with E-state index in [1.54, 1.807) is 28.8 Å². The Labute approximate surface area is 161 Å².